The molecule has 0 saturated carbocycles. The summed E-state index contributed by atoms with van der Waals surface area (Å²) in [6.45, 7) is 2.59. The predicted octanol–water partition coefficient (Wildman–Crippen LogP) is 2.75. The SMILES string of the molecule is COC(=O)NCCOc1ccc(C(OC(c2ccc(OCCNC(=O)OC)cc2)C2CO2)C2CO2)cc1. The van der Waals surface area contributed by atoms with E-state index in [9.17, 15) is 9.59 Å². The molecule has 4 rings (SSSR count). The van der Waals surface area contributed by atoms with Crippen LogP contribution < -0.4 is 20.1 Å². The number of amides is 2. The van der Waals surface area contributed by atoms with Crippen LogP contribution in [-0.2, 0) is 23.7 Å². The van der Waals surface area contributed by atoms with E-state index in [0.717, 1.165) is 11.1 Å². The number of ether oxygens (including phenoxy) is 7. The van der Waals surface area contributed by atoms with Gasteiger partial charge in [0.05, 0.1) is 40.5 Å². The summed E-state index contributed by atoms with van der Waals surface area (Å²) in [6, 6.07) is 15.3. The van der Waals surface area contributed by atoms with E-state index in [1.165, 1.54) is 14.2 Å². The lowest BCUT2D eigenvalue weighted by Gasteiger charge is -2.24. The molecule has 2 aliphatic heterocycles. The van der Waals surface area contributed by atoms with Gasteiger partial charge in [-0.15, -0.1) is 0 Å². The van der Waals surface area contributed by atoms with Gasteiger partial charge in [-0.1, -0.05) is 24.3 Å². The van der Waals surface area contributed by atoms with Gasteiger partial charge in [-0.2, -0.15) is 0 Å². The van der Waals surface area contributed by atoms with Gasteiger partial charge in [0, 0.05) is 0 Å². The van der Waals surface area contributed by atoms with Crippen molar-refractivity contribution in [2.75, 3.05) is 53.7 Å². The van der Waals surface area contributed by atoms with E-state index in [1.807, 2.05) is 48.5 Å². The van der Waals surface area contributed by atoms with Gasteiger partial charge >= 0.3 is 12.2 Å². The topological polar surface area (TPSA) is 129 Å². The third kappa shape index (κ3) is 8.24. The van der Waals surface area contributed by atoms with Gasteiger partial charge < -0.3 is 43.8 Å². The zero-order valence-corrected chi connectivity index (χ0v) is 20.8. The molecular weight excluding hydrogens is 484 g/mol. The highest BCUT2D eigenvalue weighted by Crippen LogP contribution is 2.40. The molecule has 2 N–H and O–H groups in total. The largest absolute Gasteiger partial charge is 0.492 e. The molecule has 0 spiro atoms. The van der Waals surface area contributed by atoms with Crippen LogP contribution in [0.5, 0.6) is 11.5 Å². The minimum atomic E-state index is -0.493. The molecule has 2 fully saturated rings. The average molecular weight is 517 g/mol. The van der Waals surface area contributed by atoms with Crippen molar-refractivity contribution in [3.63, 3.8) is 0 Å². The number of nitrogens with one attached hydrogen (secondary N) is 2. The van der Waals surface area contributed by atoms with Gasteiger partial charge in [0.2, 0.25) is 0 Å². The highest BCUT2D eigenvalue weighted by Gasteiger charge is 2.42. The van der Waals surface area contributed by atoms with Crippen LogP contribution in [0.1, 0.15) is 23.3 Å². The predicted molar refractivity (Wildman–Crippen MR) is 131 cm³/mol. The van der Waals surface area contributed by atoms with Gasteiger partial charge in [-0.25, -0.2) is 9.59 Å². The Labute approximate surface area is 215 Å². The van der Waals surface area contributed by atoms with Crippen molar-refractivity contribution in [3.05, 3.63) is 59.7 Å². The number of rotatable bonds is 14. The van der Waals surface area contributed by atoms with Gasteiger partial charge in [0.25, 0.3) is 0 Å². The molecule has 4 atom stereocenters. The first kappa shape index (κ1) is 26.5. The van der Waals surface area contributed by atoms with Crippen LogP contribution in [0, 0.1) is 0 Å². The fraction of sp³-hybridized carbons (Fsp3) is 0.462. The lowest BCUT2D eigenvalue weighted by atomic mass is 10.0. The van der Waals surface area contributed by atoms with Crippen LogP contribution in [0.2, 0.25) is 0 Å². The summed E-state index contributed by atoms with van der Waals surface area (Å²) in [5, 5.41) is 5.14. The van der Waals surface area contributed by atoms with E-state index < -0.39 is 12.2 Å². The lowest BCUT2D eigenvalue weighted by molar-refractivity contribution is -0.0419. The zero-order valence-electron chi connectivity index (χ0n) is 20.8. The number of epoxide rings is 2. The molecule has 2 saturated heterocycles. The third-order valence-corrected chi connectivity index (χ3v) is 5.76. The molecule has 2 aliphatic rings. The van der Waals surface area contributed by atoms with Crippen molar-refractivity contribution in [2.24, 2.45) is 0 Å². The Morgan fingerprint density at radius 2 is 1.14 bits per heavy atom. The maximum atomic E-state index is 11.1. The summed E-state index contributed by atoms with van der Waals surface area (Å²) >= 11 is 0. The minimum absolute atomic E-state index is 0.0257. The number of hydrogen-bond donors (Lipinski definition) is 2. The Kier molecular flexibility index (Phi) is 9.41. The molecule has 2 amide bonds. The van der Waals surface area contributed by atoms with Crippen molar-refractivity contribution in [3.8, 4) is 11.5 Å². The van der Waals surface area contributed by atoms with E-state index in [1.54, 1.807) is 0 Å². The molecule has 37 heavy (non-hydrogen) atoms. The Morgan fingerprint density at radius 3 is 1.46 bits per heavy atom. The summed E-state index contributed by atoms with van der Waals surface area (Å²) in [6.07, 6.45) is -1.56. The van der Waals surface area contributed by atoms with Crippen LogP contribution in [0.15, 0.2) is 48.5 Å². The molecule has 11 nitrogen and oxygen atoms in total. The highest BCUT2D eigenvalue weighted by atomic mass is 16.6. The van der Waals surface area contributed by atoms with Crippen molar-refractivity contribution in [2.45, 2.75) is 24.4 Å². The number of hydrogen-bond acceptors (Lipinski definition) is 9. The quantitative estimate of drug-likeness (QED) is 0.288. The Balaban J connectivity index is 1.32. The standard InChI is InChI=1S/C26H32N2O9/c1-31-25(29)27-11-13-33-19-7-3-17(4-8-19)23(21-15-35-21)37-24(22-16-36-22)18-5-9-20(10-6-18)34-14-12-28-26(30)32-2/h3-10,21-24H,11-16H2,1-2H3,(H,27,29)(H,28,30). The molecule has 2 aromatic carbocycles. The van der Waals surface area contributed by atoms with Crippen LogP contribution in [0.25, 0.3) is 0 Å². The normalized spacial score (nSPS) is 19.2. The highest BCUT2D eigenvalue weighted by molar-refractivity contribution is 5.67. The molecule has 4 unspecified atom stereocenters. The van der Waals surface area contributed by atoms with Crippen LogP contribution in [0.4, 0.5) is 9.59 Å². The number of carbonyl (C=O) groups is 2. The summed E-state index contributed by atoms with van der Waals surface area (Å²) in [7, 11) is 2.63. The fourth-order valence-corrected chi connectivity index (χ4v) is 3.68. The summed E-state index contributed by atoms with van der Waals surface area (Å²) in [5.74, 6) is 1.37. The minimum Gasteiger partial charge on any atom is -0.492 e. The van der Waals surface area contributed by atoms with Crippen molar-refractivity contribution in [1.29, 1.82) is 0 Å². The second kappa shape index (κ2) is 13.1. The first-order chi connectivity index (χ1) is 18.1. The first-order valence-corrected chi connectivity index (χ1v) is 12.0. The number of carbonyl (C=O) groups excluding carboxylic acids is 2. The van der Waals surface area contributed by atoms with Gasteiger partial charge in [-0.3, -0.25) is 0 Å². The molecule has 2 heterocycles. The van der Waals surface area contributed by atoms with E-state index in [2.05, 4.69) is 20.1 Å². The van der Waals surface area contributed by atoms with E-state index in [0.29, 0.717) is 51.0 Å². The molecule has 2 aromatic rings. The fourth-order valence-electron chi connectivity index (χ4n) is 3.68. The number of methoxy groups -OCH3 is 2. The van der Waals surface area contributed by atoms with Crippen LogP contribution in [-0.4, -0.2) is 78.1 Å². The maximum Gasteiger partial charge on any atom is 0.406 e. The van der Waals surface area contributed by atoms with Crippen molar-refractivity contribution < 1.29 is 42.7 Å². The van der Waals surface area contributed by atoms with Crippen molar-refractivity contribution >= 4 is 12.2 Å². The van der Waals surface area contributed by atoms with Gasteiger partial charge in [-0.05, 0) is 35.4 Å². The molecular formula is C26H32N2O9. The molecule has 0 aliphatic carbocycles. The molecule has 0 radical (unpaired) electrons. The van der Waals surface area contributed by atoms with E-state index in [4.69, 9.17) is 23.7 Å². The van der Waals surface area contributed by atoms with Crippen molar-refractivity contribution in [1.82, 2.24) is 10.6 Å². The molecule has 200 valence electrons. The second-order valence-corrected chi connectivity index (χ2v) is 8.39. The Morgan fingerprint density at radius 1 is 0.757 bits per heavy atom. The second-order valence-electron chi connectivity index (χ2n) is 8.39. The number of benzene rings is 2. The average Bonchev–Trinajstić information content (AvgIpc) is 3.85. The summed E-state index contributed by atoms with van der Waals surface area (Å²) in [4.78, 5) is 22.2. The van der Waals surface area contributed by atoms with Gasteiger partial charge in [0.1, 0.15) is 49.1 Å². The lowest BCUT2D eigenvalue weighted by Crippen LogP contribution is -2.27. The maximum absolute atomic E-state index is 11.1. The first-order valence-electron chi connectivity index (χ1n) is 12.0. The third-order valence-electron chi connectivity index (χ3n) is 5.76. The summed E-state index contributed by atoms with van der Waals surface area (Å²) < 4.78 is 38.2. The molecule has 0 aromatic heterocycles. The smallest absolute Gasteiger partial charge is 0.406 e. The zero-order chi connectivity index (χ0) is 26.0. The van der Waals surface area contributed by atoms with Crippen LogP contribution >= 0.6 is 0 Å². The van der Waals surface area contributed by atoms with E-state index in [-0.39, 0.29) is 24.4 Å². The Bertz CT molecular complexity index is 926. The Hall–Kier alpha value is -3.54. The molecule has 11 heteroatoms. The molecule has 0 bridgehead atoms. The van der Waals surface area contributed by atoms with Crippen LogP contribution in [0.3, 0.4) is 0 Å². The number of alkyl carbamates (subject to hydrolysis) is 2. The van der Waals surface area contributed by atoms with Gasteiger partial charge in [0.15, 0.2) is 0 Å². The van der Waals surface area contributed by atoms with E-state index >= 15 is 0 Å². The summed E-state index contributed by atoms with van der Waals surface area (Å²) in [5.41, 5.74) is 1.96. The monoisotopic (exact) mass is 516 g/mol.